The quantitative estimate of drug-likeness (QED) is 0.624. The minimum atomic E-state index is -0.314. The Kier molecular flexibility index (Phi) is 5.55. The topological polar surface area (TPSA) is 92.1 Å². The second-order valence-electron chi connectivity index (χ2n) is 6.14. The van der Waals surface area contributed by atoms with Crippen molar-refractivity contribution in [3.63, 3.8) is 0 Å². The molecule has 1 aliphatic rings. The van der Waals surface area contributed by atoms with Gasteiger partial charge in [0.15, 0.2) is 17.3 Å². The first kappa shape index (κ1) is 19.1. The molecule has 8 nitrogen and oxygen atoms in total. The molecular formula is C20H17ClN2O6. The van der Waals surface area contributed by atoms with Gasteiger partial charge >= 0.3 is 0 Å². The number of nitrogens with zero attached hydrogens (tertiary/aromatic N) is 1. The fourth-order valence-electron chi connectivity index (χ4n) is 2.76. The number of amides is 1. The summed E-state index contributed by atoms with van der Waals surface area (Å²) in [6, 6.07) is 12.2. The molecule has 9 heteroatoms. The highest BCUT2D eigenvalue weighted by Gasteiger charge is 2.16. The first-order chi connectivity index (χ1) is 14.1. The molecule has 0 spiro atoms. The van der Waals surface area contributed by atoms with Crippen LogP contribution in [0.2, 0.25) is 5.02 Å². The van der Waals surface area contributed by atoms with Gasteiger partial charge in [0, 0.05) is 17.3 Å². The van der Waals surface area contributed by atoms with Crippen LogP contribution >= 0.6 is 11.6 Å². The number of ether oxygens (including phenoxy) is 4. The summed E-state index contributed by atoms with van der Waals surface area (Å²) >= 11 is 6.04. The van der Waals surface area contributed by atoms with E-state index < -0.39 is 0 Å². The molecule has 2 heterocycles. The fourth-order valence-corrected chi connectivity index (χ4v) is 3.01. The second-order valence-corrected chi connectivity index (χ2v) is 6.55. The number of carbonyl (C=O) groups excluding carboxylic acids is 1. The van der Waals surface area contributed by atoms with Crippen LogP contribution in [0.4, 0.5) is 5.69 Å². The molecule has 1 amide bonds. The number of anilines is 1. The zero-order valence-corrected chi connectivity index (χ0v) is 16.2. The summed E-state index contributed by atoms with van der Waals surface area (Å²) in [6.07, 6.45) is 0. The van der Waals surface area contributed by atoms with Crippen molar-refractivity contribution in [2.24, 2.45) is 0 Å². The summed E-state index contributed by atoms with van der Waals surface area (Å²) < 4.78 is 26.5. The van der Waals surface area contributed by atoms with E-state index in [0.29, 0.717) is 39.4 Å². The average Bonchev–Trinajstić information content (AvgIpc) is 3.37. The van der Waals surface area contributed by atoms with E-state index in [4.69, 9.17) is 35.1 Å². The zero-order chi connectivity index (χ0) is 20.2. The molecule has 0 fully saturated rings. The van der Waals surface area contributed by atoms with Gasteiger partial charge in [-0.2, -0.15) is 0 Å². The Morgan fingerprint density at radius 2 is 2.03 bits per heavy atom. The largest absolute Gasteiger partial charge is 0.495 e. The van der Waals surface area contributed by atoms with Crippen LogP contribution in [0.5, 0.6) is 17.2 Å². The molecule has 1 aromatic heterocycles. The van der Waals surface area contributed by atoms with Crippen molar-refractivity contribution in [1.29, 1.82) is 0 Å². The van der Waals surface area contributed by atoms with Gasteiger partial charge in [-0.25, -0.2) is 0 Å². The van der Waals surface area contributed by atoms with E-state index in [-0.39, 0.29) is 25.9 Å². The van der Waals surface area contributed by atoms with Crippen molar-refractivity contribution in [2.75, 3.05) is 25.8 Å². The van der Waals surface area contributed by atoms with Gasteiger partial charge in [0.05, 0.1) is 18.7 Å². The predicted molar refractivity (Wildman–Crippen MR) is 104 cm³/mol. The first-order valence-corrected chi connectivity index (χ1v) is 9.07. The van der Waals surface area contributed by atoms with Crippen molar-refractivity contribution in [3.05, 3.63) is 53.2 Å². The van der Waals surface area contributed by atoms with E-state index in [1.54, 1.807) is 24.3 Å². The maximum absolute atomic E-state index is 12.0. The van der Waals surface area contributed by atoms with Crippen LogP contribution in [0, 0.1) is 0 Å². The maximum atomic E-state index is 12.0. The van der Waals surface area contributed by atoms with Crippen LogP contribution in [0.1, 0.15) is 5.69 Å². The number of fused-ring (bicyclic) bond motifs is 1. The van der Waals surface area contributed by atoms with E-state index >= 15 is 0 Å². The number of hydrogen-bond donors (Lipinski definition) is 1. The van der Waals surface area contributed by atoms with Crippen molar-refractivity contribution >= 4 is 23.2 Å². The Balaban J connectivity index is 1.29. The first-order valence-electron chi connectivity index (χ1n) is 8.69. The highest BCUT2D eigenvalue weighted by Crippen LogP contribution is 2.36. The van der Waals surface area contributed by atoms with Crippen LogP contribution in [0.15, 0.2) is 47.0 Å². The third-order valence-electron chi connectivity index (χ3n) is 4.13. The number of halogens is 1. The molecule has 3 aromatic rings. The number of hydrogen-bond acceptors (Lipinski definition) is 7. The minimum Gasteiger partial charge on any atom is -0.495 e. The molecule has 0 atom stereocenters. The monoisotopic (exact) mass is 416 g/mol. The molecule has 4 rings (SSSR count). The molecule has 0 saturated carbocycles. The summed E-state index contributed by atoms with van der Waals surface area (Å²) in [6.45, 7) is 0.194. The zero-order valence-electron chi connectivity index (χ0n) is 15.4. The normalized spacial score (nSPS) is 12.1. The Labute approximate surface area is 171 Å². The highest BCUT2D eigenvalue weighted by molar-refractivity contribution is 6.32. The number of carbonyl (C=O) groups is 1. The molecule has 0 bridgehead atoms. The van der Waals surface area contributed by atoms with Crippen molar-refractivity contribution in [3.8, 4) is 28.6 Å². The Morgan fingerprint density at radius 3 is 2.86 bits per heavy atom. The summed E-state index contributed by atoms with van der Waals surface area (Å²) in [4.78, 5) is 12.0. The second kappa shape index (κ2) is 8.42. The third-order valence-corrected chi connectivity index (χ3v) is 4.43. The Hall–Kier alpha value is -3.23. The predicted octanol–water partition coefficient (Wildman–Crippen LogP) is 3.89. The lowest BCUT2D eigenvalue weighted by Gasteiger charge is -2.08. The van der Waals surface area contributed by atoms with Gasteiger partial charge < -0.3 is 28.8 Å². The molecular weight excluding hydrogens is 400 g/mol. The SMILES string of the molecule is COc1ccc(NC(=O)COCc2cc(-c3ccc4c(c3)OCO4)on2)cc1Cl. The molecule has 1 N–H and O–H groups in total. The molecule has 0 saturated heterocycles. The standard InChI is InChI=1S/C20H17ClN2O6/c1-25-16-5-3-13(7-15(16)21)22-20(24)10-26-9-14-8-18(29-23-14)12-2-4-17-19(6-12)28-11-27-17/h2-8H,9-11H2,1H3,(H,22,24). The van der Waals surface area contributed by atoms with Gasteiger partial charge in [-0.05, 0) is 36.4 Å². The number of nitrogens with one attached hydrogen (secondary N) is 1. The lowest BCUT2D eigenvalue weighted by atomic mass is 10.1. The number of rotatable bonds is 7. The van der Waals surface area contributed by atoms with Crippen molar-refractivity contribution < 1.29 is 28.3 Å². The molecule has 2 aromatic carbocycles. The molecule has 1 aliphatic heterocycles. The average molecular weight is 417 g/mol. The number of methoxy groups -OCH3 is 1. The van der Waals surface area contributed by atoms with Crippen molar-refractivity contribution in [1.82, 2.24) is 5.16 Å². The Morgan fingerprint density at radius 1 is 1.17 bits per heavy atom. The fraction of sp³-hybridized carbons (Fsp3) is 0.200. The molecule has 0 radical (unpaired) electrons. The van der Waals surface area contributed by atoms with Gasteiger partial charge in [0.1, 0.15) is 18.1 Å². The van der Waals surface area contributed by atoms with Crippen molar-refractivity contribution in [2.45, 2.75) is 6.61 Å². The van der Waals surface area contributed by atoms with Crippen LogP contribution in [-0.2, 0) is 16.1 Å². The smallest absolute Gasteiger partial charge is 0.250 e. The van der Waals surface area contributed by atoms with Gasteiger partial charge in [-0.1, -0.05) is 16.8 Å². The summed E-state index contributed by atoms with van der Waals surface area (Å²) in [5.74, 6) is 2.14. The van der Waals surface area contributed by atoms with Gasteiger partial charge in [0.25, 0.3) is 0 Å². The molecule has 29 heavy (non-hydrogen) atoms. The highest BCUT2D eigenvalue weighted by atomic mass is 35.5. The lowest BCUT2D eigenvalue weighted by Crippen LogP contribution is -2.18. The molecule has 0 aliphatic carbocycles. The van der Waals surface area contributed by atoms with E-state index in [9.17, 15) is 4.79 Å². The van der Waals surface area contributed by atoms with Crippen LogP contribution in [0.3, 0.4) is 0 Å². The van der Waals surface area contributed by atoms with E-state index in [1.807, 2.05) is 18.2 Å². The molecule has 0 unspecified atom stereocenters. The Bertz CT molecular complexity index is 1040. The summed E-state index contributed by atoms with van der Waals surface area (Å²) in [5.41, 5.74) is 1.93. The number of aromatic nitrogens is 1. The van der Waals surface area contributed by atoms with Crippen LogP contribution in [-0.4, -0.2) is 31.6 Å². The molecule has 150 valence electrons. The third kappa shape index (κ3) is 4.44. The van der Waals surface area contributed by atoms with Gasteiger partial charge in [-0.15, -0.1) is 0 Å². The van der Waals surface area contributed by atoms with E-state index in [2.05, 4.69) is 10.5 Å². The lowest BCUT2D eigenvalue weighted by molar-refractivity contribution is -0.121. The van der Waals surface area contributed by atoms with Gasteiger partial charge in [-0.3, -0.25) is 4.79 Å². The van der Waals surface area contributed by atoms with E-state index in [1.165, 1.54) is 7.11 Å². The summed E-state index contributed by atoms with van der Waals surface area (Å²) in [7, 11) is 1.52. The maximum Gasteiger partial charge on any atom is 0.250 e. The van der Waals surface area contributed by atoms with Crippen LogP contribution < -0.4 is 19.5 Å². The van der Waals surface area contributed by atoms with E-state index in [0.717, 1.165) is 5.56 Å². The number of benzene rings is 2. The van der Waals surface area contributed by atoms with Crippen LogP contribution in [0.25, 0.3) is 11.3 Å². The van der Waals surface area contributed by atoms with Gasteiger partial charge in [0.2, 0.25) is 12.7 Å². The minimum absolute atomic E-state index is 0.130. The summed E-state index contributed by atoms with van der Waals surface area (Å²) in [5, 5.41) is 7.07.